The van der Waals surface area contributed by atoms with Crippen LogP contribution in [0.3, 0.4) is 0 Å². The summed E-state index contributed by atoms with van der Waals surface area (Å²) in [5.74, 6) is 0.102. The van der Waals surface area contributed by atoms with Gasteiger partial charge in [-0.3, -0.25) is 9.59 Å². The largest absolute Gasteiger partial charge is 0.343 e. The Hall–Kier alpha value is -1.06. The van der Waals surface area contributed by atoms with E-state index in [-0.39, 0.29) is 29.8 Å². The van der Waals surface area contributed by atoms with Gasteiger partial charge in [0.15, 0.2) is 0 Å². The number of nitrogens with zero attached hydrogens (tertiary/aromatic N) is 1. The lowest BCUT2D eigenvalue weighted by molar-refractivity contribution is -0.146. The Balaban J connectivity index is 2.00. The Morgan fingerprint density at radius 1 is 1.41 bits per heavy atom. The van der Waals surface area contributed by atoms with Crippen LogP contribution in [0, 0.1) is 5.41 Å². The zero-order valence-corrected chi connectivity index (χ0v) is 10.8. The first-order valence-electron chi connectivity index (χ1n) is 6.62. The number of nitrogens with one attached hydrogen (secondary N) is 1. The molecule has 17 heavy (non-hydrogen) atoms. The molecule has 2 amide bonds. The maximum Gasteiger partial charge on any atom is 0.245 e. The van der Waals surface area contributed by atoms with Crippen LogP contribution in [0.1, 0.15) is 46.0 Å². The molecule has 1 unspecified atom stereocenters. The number of hydrogen-bond acceptors (Lipinski definition) is 2. The summed E-state index contributed by atoms with van der Waals surface area (Å²) in [4.78, 5) is 25.5. The van der Waals surface area contributed by atoms with Crippen molar-refractivity contribution in [2.45, 2.75) is 52.0 Å². The predicted octanol–water partition coefficient (Wildman–Crippen LogP) is 1.30. The highest BCUT2D eigenvalue weighted by atomic mass is 16.2. The summed E-state index contributed by atoms with van der Waals surface area (Å²) in [6.45, 7) is 5.24. The second-order valence-corrected chi connectivity index (χ2v) is 5.77. The summed E-state index contributed by atoms with van der Waals surface area (Å²) >= 11 is 0. The van der Waals surface area contributed by atoms with Crippen molar-refractivity contribution in [2.24, 2.45) is 5.41 Å². The Morgan fingerprint density at radius 3 is 2.65 bits per heavy atom. The third kappa shape index (κ3) is 2.61. The molecule has 1 aliphatic heterocycles. The van der Waals surface area contributed by atoms with Crippen molar-refractivity contribution in [1.29, 1.82) is 0 Å². The molecule has 2 aliphatic rings. The average molecular weight is 238 g/mol. The van der Waals surface area contributed by atoms with Crippen LogP contribution in [-0.2, 0) is 9.59 Å². The number of rotatable bonds is 4. The highest BCUT2D eigenvalue weighted by molar-refractivity contribution is 5.94. The molecule has 4 heteroatoms. The first-order chi connectivity index (χ1) is 8.04. The third-order valence-corrected chi connectivity index (χ3v) is 3.99. The van der Waals surface area contributed by atoms with Gasteiger partial charge in [0.2, 0.25) is 11.8 Å². The van der Waals surface area contributed by atoms with Gasteiger partial charge in [0, 0.05) is 6.54 Å². The molecule has 0 bridgehead atoms. The second kappa shape index (κ2) is 4.67. The molecular formula is C13H22N2O2. The molecule has 1 saturated carbocycles. The van der Waals surface area contributed by atoms with Crippen LogP contribution in [0.4, 0.5) is 0 Å². The number of amides is 2. The highest BCUT2D eigenvalue weighted by Crippen LogP contribution is 2.41. The molecule has 2 rings (SSSR count). The Morgan fingerprint density at radius 2 is 2.12 bits per heavy atom. The van der Waals surface area contributed by atoms with E-state index in [2.05, 4.69) is 12.2 Å². The molecule has 4 nitrogen and oxygen atoms in total. The Bertz CT molecular complexity index is 323. The second-order valence-electron chi connectivity index (χ2n) is 5.77. The lowest BCUT2D eigenvalue weighted by atomic mass is 9.70. The average Bonchev–Trinajstić information content (AvgIpc) is 2.23. The van der Waals surface area contributed by atoms with Crippen LogP contribution < -0.4 is 5.32 Å². The lowest BCUT2D eigenvalue weighted by Crippen LogP contribution is -2.60. The fourth-order valence-corrected chi connectivity index (χ4v) is 2.79. The molecule has 0 spiro atoms. The van der Waals surface area contributed by atoms with Gasteiger partial charge in [-0.1, -0.05) is 26.7 Å². The Kier molecular flexibility index (Phi) is 3.40. The first-order valence-corrected chi connectivity index (χ1v) is 6.62. The van der Waals surface area contributed by atoms with E-state index in [1.165, 1.54) is 19.3 Å². The van der Waals surface area contributed by atoms with E-state index in [0.717, 1.165) is 19.4 Å². The normalized spacial score (nSPS) is 27.6. The summed E-state index contributed by atoms with van der Waals surface area (Å²) in [6, 6.07) is -0.287. The fraction of sp³-hybridized carbons (Fsp3) is 0.846. The van der Waals surface area contributed by atoms with Gasteiger partial charge in [0.25, 0.3) is 0 Å². The van der Waals surface area contributed by atoms with Crippen molar-refractivity contribution in [3.63, 3.8) is 0 Å². The lowest BCUT2D eigenvalue weighted by Gasteiger charge is -2.44. The summed E-state index contributed by atoms with van der Waals surface area (Å²) in [5.41, 5.74) is 0.254. The van der Waals surface area contributed by atoms with Crippen molar-refractivity contribution in [2.75, 3.05) is 13.1 Å². The summed E-state index contributed by atoms with van der Waals surface area (Å²) in [6.07, 6.45) is 5.27. The van der Waals surface area contributed by atoms with Crippen molar-refractivity contribution in [3.8, 4) is 0 Å². The predicted molar refractivity (Wildman–Crippen MR) is 65.4 cm³/mol. The van der Waals surface area contributed by atoms with Crippen LogP contribution in [-0.4, -0.2) is 35.8 Å². The van der Waals surface area contributed by atoms with E-state index >= 15 is 0 Å². The zero-order chi connectivity index (χ0) is 12.5. The third-order valence-electron chi connectivity index (χ3n) is 3.99. The zero-order valence-electron chi connectivity index (χ0n) is 10.8. The molecule has 1 N–H and O–H groups in total. The van der Waals surface area contributed by atoms with Gasteiger partial charge in [0.1, 0.15) is 6.04 Å². The molecule has 1 heterocycles. The molecular weight excluding hydrogens is 216 g/mol. The van der Waals surface area contributed by atoms with Crippen LogP contribution >= 0.6 is 0 Å². The minimum atomic E-state index is -0.287. The summed E-state index contributed by atoms with van der Waals surface area (Å²) in [7, 11) is 0. The number of piperazine rings is 1. The first kappa shape index (κ1) is 12.4. The molecule has 0 aromatic heterocycles. The van der Waals surface area contributed by atoms with Gasteiger partial charge in [-0.05, 0) is 24.7 Å². The van der Waals surface area contributed by atoms with E-state index in [1.807, 2.05) is 6.92 Å². The van der Waals surface area contributed by atoms with Crippen LogP contribution in [0.2, 0.25) is 0 Å². The molecule has 0 aromatic carbocycles. The van der Waals surface area contributed by atoms with Gasteiger partial charge in [0.05, 0.1) is 6.54 Å². The van der Waals surface area contributed by atoms with E-state index in [9.17, 15) is 9.59 Å². The van der Waals surface area contributed by atoms with Gasteiger partial charge in [-0.15, -0.1) is 0 Å². The van der Waals surface area contributed by atoms with E-state index in [0.29, 0.717) is 0 Å². The van der Waals surface area contributed by atoms with Gasteiger partial charge >= 0.3 is 0 Å². The molecule has 1 atom stereocenters. The van der Waals surface area contributed by atoms with E-state index in [4.69, 9.17) is 0 Å². The van der Waals surface area contributed by atoms with Crippen molar-refractivity contribution >= 4 is 11.8 Å². The smallest absolute Gasteiger partial charge is 0.245 e. The molecule has 2 fully saturated rings. The van der Waals surface area contributed by atoms with Crippen molar-refractivity contribution < 1.29 is 9.59 Å². The molecule has 0 aromatic rings. The van der Waals surface area contributed by atoms with Gasteiger partial charge < -0.3 is 10.2 Å². The fourth-order valence-electron chi connectivity index (χ4n) is 2.79. The number of carbonyl (C=O) groups is 2. The van der Waals surface area contributed by atoms with Gasteiger partial charge in [-0.2, -0.15) is 0 Å². The number of carbonyl (C=O) groups excluding carboxylic acids is 2. The van der Waals surface area contributed by atoms with E-state index < -0.39 is 0 Å². The minimum absolute atomic E-state index is 0.00836. The van der Waals surface area contributed by atoms with Gasteiger partial charge in [-0.25, -0.2) is 0 Å². The summed E-state index contributed by atoms with van der Waals surface area (Å²) < 4.78 is 0. The maximum absolute atomic E-state index is 12.2. The van der Waals surface area contributed by atoms with Crippen LogP contribution in [0.25, 0.3) is 0 Å². The quantitative estimate of drug-likeness (QED) is 0.802. The van der Waals surface area contributed by atoms with Crippen LogP contribution in [0.5, 0.6) is 0 Å². The molecule has 0 radical (unpaired) electrons. The standard InChI is InChI=1S/C13H22N2O2/c1-3-5-10-12(17)15(8-11(16)14-10)9-13(2)6-4-7-13/h10H,3-9H2,1-2H3,(H,14,16). The topological polar surface area (TPSA) is 49.4 Å². The van der Waals surface area contributed by atoms with Crippen molar-refractivity contribution in [1.82, 2.24) is 10.2 Å². The number of hydrogen-bond donors (Lipinski definition) is 1. The molecule has 96 valence electrons. The van der Waals surface area contributed by atoms with Crippen LogP contribution in [0.15, 0.2) is 0 Å². The summed E-state index contributed by atoms with van der Waals surface area (Å²) in [5, 5.41) is 2.79. The Labute approximate surface area is 103 Å². The molecule has 1 saturated heterocycles. The van der Waals surface area contributed by atoms with Crippen molar-refractivity contribution in [3.05, 3.63) is 0 Å². The minimum Gasteiger partial charge on any atom is -0.343 e. The SMILES string of the molecule is CCCC1NC(=O)CN(CC2(C)CCC2)C1=O. The van der Waals surface area contributed by atoms with E-state index in [1.54, 1.807) is 4.90 Å². The highest BCUT2D eigenvalue weighted by Gasteiger charge is 2.39. The monoisotopic (exact) mass is 238 g/mol. The maximum atomic E-state index is 12.2. The molecule has 1 aliphatic carbocycles.